The number of nitrogen functional groups attached to an aromatic ring is 1. The molecule has 150 valence electrons. The van der Waals surface area contributed by atoms with Crippen molar-refractivity contribution < 1.29 is 14.3 Å². The topological polar surface area (TPSA) is 87.9 Å². The molecule has 0 aromatic heterocycles. The monoisotopic (exact) mass is 384 g/mol. The van der Waals surface area contributed by atoms with Crippen molar-refractivity contribution in [2.45, 2.75) is 45.3 Å². The Kier molecular flexibility index (Phi) is 4.57. The first-order valence-corrected chi connectivity index (χ1v) is 9.91. The molecule has 3 N–H and O–H groups in total. The summed E-state index contributed by atoms with van der Waals surface area (Å²) in [5.74, 6) is 0.102. The lowest BCUT2D eigenvalue weighted by Gasteiger charge is -2.44. The first kappa shape index (κ1) is 18.8. The maximum absolute atomic E-state index is 13.2. The number of hydrogen-bond acceptors (Lipinski definition) is 5. The Balaban J connectivity index is 1.59. The van der Waals surface area contributed by atoms with Gasteiger partial charge in [-0.1, -0.05) is 0 Å². The van der Waals surface area contributed by atoms with Crippen molar-refractivity contribution in [3.8, 4) is 0 Å². The number of ether oxygens (including phenoxy) is 1. The zero-order valence-electron chi connectivity index (χ0n) is 16.7. The summed E-state index contributed by atoms with van der Waals surface area (Å²) in [6.07, 6.45) is 1.61. The number of benzene rings is 1. The summed E-state index contributed by atoms with van der Waals surface area (Å²) < 4.78 is 6.29. The lowest BCUT2D eigenvalue weighted by atomic mass is 9.89. The largest absolute Gasteiger partial charge is 0.399 e. The Morgan fingerprint density at radius 1 is 1.29 bits per heavy atom. The number of hydrogen-bond donors (Lipinski definition) is 2. The minimum atomic E-state index is -0.270. The predicted molar refractivity (Wildman–Crippen MR) is 109 cm³/mol. The fourth-order valence-electron chi connectivity index (χ4n) is 4.42. The Morgan fingerprint density at radius 2 is 2.00 bits per heavy atom. The van der Waals surface area contributed by atoms with Gasteiger partial charge in [0.15, 0.2) is 0 Å². The molecule has 2 saturated heterocycles. The number of likely N-dealkylation sites (tertiary alicyclic amines) is 1. The molecule has 0 atom stereocenters. The van der Waals surface area contributed by atoms with Crippen LogP contribution in [0.3, 0.4) is 0 Å². The number of nitrogens with one attached hydrogen (secondary N) is 1. The lowest BCUT2D eigenvalue weighted by molar-refractivity contribution is -0.137. The highest BCUT2D eigenvalue weighted by Crippen LogP contribution is 2.41. The molecule has 0 aliphatic carbocycles. The molecule has 2 amide bonds. The van der Waals surface area contributed by atoms with Gasteiger partial charge in [-0.15, -0.1) is 0 Å². The summed E-state index contributed by atoms with van der Waals surface area (Å²) in [7, 11) is 0. The van der Waals surface area contributed by atoms with Gasteiger partial charge in [-0.3, -0.25) is 9.59 Å². The third kappa shape index (κ3) is 3.03. The van der Waals surface area contributed by atoms with E-state index in [2.05, 4.69) is 5.32 Å². The Labute approximate surface area is 165 Å². The second-order valence-corrected chi connectivity index (χ2v) is 8.23. The van der Waals surface area contributed by atoms with E-state index in [1.165, 1.54) is 0 Å². The second-order valence-electron chi connectivity index (χ2n) is 8.23. The van der Waals surface area contributed by atoms with Crippen LogP contribution in [-0.4, -0.2) is 54.6 Å². The fraction of sp³-hybridized carbons (Fsp3) is 0.524. The number of carbonyl (C=O) groups is 2. The third-order valence-corrected chi connectivity index (χ3v) is 6.07. The molecular formula is C21H28N4O3. The normalized spacial score (nSPS) is 23.9. The van der Waals surface area contributed by atoms with Gasteiger partial charge in [0.1, 0.15) is 0 Å². The molecule has 4 rings (SSSR count). The van der Waals surface area contributed by atoms with E-state index < -0.39 is 0 Å². The molecule has 1 aromatic carbocycles. The molecule has 0 unspecified atom stereocenters. The molecule has 7 heteroatoms. The van der Waals surface area contributed by atoms with Gasteiger partial charge in [0.05, 0.1) is 29.2 Å². The van der Waals surface area contributed by atoms with Gasteiger partial charge in [0.2, 0.25) is 5.91 Å². The zero-order valence-corrected chi connectivity index (χ0v) is 16.7. The van der Waals surface area contributed by atoms with Gasteiger partial charge in [-0.05, 0) is 44.9 Å². The summed E-state index contributed by atoms with van der Waals surface area (Å²) >= 11 is 0. The smallest absolute Gasteiger partial charge is 0.261 e. The second kappa shape index (κ2) is 6.81. The third-order valence-electron chi connectivity index (χ3n) is 6.07. The maximum Gasteiger partial charge on any atom is 0.261 e. The van der Waals surface area contributed by atoms with Crippen LogP contribution >= 0.6 is 0 Å². The van der Waals surface area contributed by atoms with Crippen LogP contribution in [0.4, 0.5) is 11.4 Å². The van der Waals surface area contributed by atoms with E-state index in [0.717, 1.165) is 29.8 Å². The Morgan fingerprint density at radius 3 is 2.57 bits per heavy atom. The van der Waals surface area contributed by atoms with Gasteiger partial charge in [-0.2, -0.15) is 0 Å². The molecule has 0 bridgehead atoms. The molecule has 1 spiro atoms. The van der Waals surface area contributed by atoms with E-state index in [9.17, 15) is 9.59 Å². The molecule has 3 heterocycles. The van der Waals surface area contributed by atoms with Crippen LogP contribution < -0.4 is 16.0 Å². The molecule has 0 radical (unpaired) electrons. The van der Waals surface area contributed by atoms with Crippen LogP contribution in [0.1, 0.15) is 39.2 Å². The van der Waals surface area contributed by atoms with Gasteiger partial charge in [0, 0.05) is 43.9 Å². The minimum absolute atomic E-state index is 0.0101. The molecule has 28 heavy (non-hydrogen) atoms. The number of piperidine rings is 1. The van der Waals surface area contributed by atoms with E-state index >= 15 is 0 Å². The number of morpholine rings is 1. The molecular weight excluding hydrogens is 356 g/mol. The molecule has 1 aromatic rings. The van der Waals surface area contributed by atoms with Crippen molar-refractivity contribution in [1.29, 1.82) is 0 Å². The van der Waals surface area contributed by atoms with E-state index in [1.54, 1.807) is 6.92 Å². The van der Waals surface area contributed by atoms with Gasteiger partial charge in [0.25, 0.3) is 5.91 Å². The quantitative estimate of drug-likeness (QED) is 0.569. The number of amides is 2. The molecule has 0 saturated carbocycles. The fourth-order valence-corrected chi connectivity index (χ4v) is 4.42. The number of nitrogens with two attached hydrogens (primary N) is 1. The average Bonchev–Trinajstić information content (AvgIpc) is 2.94. The van der Waals surface area contributed by atoms with Crippen LogP contribution in [-0.2, 0) is 14.3 Å². The number of carbonyl (C=O) groups excluding carboxylic acids is 2. The van der Waals surface area contributed by atoms with Crippen LogP contribution in [0.2, 0.25) is 0 Å². The van der Waals surface area contributed by atoms with Crippen molar-refractivity contribution in [2.24, 2.45) is 0 Å². The number of anilines is 2. The standard InChI is InChI=1S/C21H28N4O3/c1-13(2)25-18-5-4-15(22)10-16(18)19(20(25)27)17-11-28-21(12-23-17)6-8-24(9-7-21)14(3)26/h4-5,10,13,23H,6-9,11-12,22H2,1-3H3/b19-17-. The summed E-state index contributed by atoms with van der Waals surface area (Å²) in [6.45, 7) is 8.05. The molecule has 7 nitrogen and oxygen atoms in total. The molecule has 3 aliphatic heterocycles. The van der Waals surface area contributed by atoms with E-state index in [1.807, 2.05) is 41.8 Å². The van der Waals surface area contributed by atoms with Gasteiger partial charge >= 0.3 is 0 Å². The van der Waals surface area contributed by atoms with Crippen molar-refractivity contribution in [3.63, 3.8) is 0 Å². The Bertz CT molecular complexity index is 841. The highest BCUT2D eigenvalue weighted by atomic mass is 16.5. The first-order chi connectivity index (χ1) is 13.3. The summed E-state index contributed by atoms with van der Waals surface area (Å²) in [4.78, 5) is 28.4. The van der Waals surface area contributed by atoms with Gasteiger partial charge < -0.3 is 25.6 Å². The maximum atomic E-state index is 13.2. The van der Waals surface area contributed by atoms with E-state index in [0.29, 0.717) is 37.5 Å². The zero-order chi connectivity index (χ0) is 20.1. The van der Waals surface area contributed by atoms with E-state index in [-0.39, 0.29) is 23.5 Å². The van der Waals surface area contributed by atoms with Crippen molar-refractivity contribution >= 4 is 28.8 Å². The molecule has 3 aliphatic rings. The summed E-state index contributed by atoms with van der Waals surface area (Å²) in [5.41, 5.74) is 9.61. The van der Waals surface area contributed by atoms with E-state index in [4.69, 9.17) is 10.5 Å². The minimum Gasteiger partial charge on any atom is -0.399 e. The van der Waals surface area contributed by atoms with Crippen LogP contribution in [0.15, 0.2) is 23.9 Å². The summed E-state index contributed by atoms with van der Waals surface area (Å²) in [6, 6.07) is 5.67. The molecule has 2 fully saturated rings. The SMILES string of the molecule is CC(=O)N1CCC2(CC1)CN/C(=C1\C(=O)N(C(C)C)c3ccc(N)cc31)CO2. The Hall–Kier alpha value is -2.54. The summed E-state index contributed by atoms with van der Waals surface area (Å²) in [5, 5.41) is 3.48. The number of nitrogens with zero attached hydrogens (tertiary/aromatic N) is 2. The van der Waals surface area contributed by atoms with Crippen LogP contribution in [0.5, 0.6) is 0 Å². The van der Waals surface area contributed by atoms with Crippen LogP contribution in [0, 0.1) is 0 Å². The lowest BCUT2D eigenvalue weighted by Crippen LogP contribution is -2.55. The first-order valence-electron chi connectivity index (χ1n) is 9.91. The highest BCUT2D eigenvalue weighted by Gasteiger charge is 2.42. The average molecular weight is 384 g/mol. The predicted octanol–water partition coefficient (Wildman–Crippen LogP) is 1.74. The van der Waals surface area contributed by atoms with Gasteiger partial charge in [-0.25, -0.2) is 0 Å². The number of fused-ring (bicyclic) bond motifs is 1. The number of rotatable bonds is 1. The highest BCUT2D eigenvalue weighted by molar-refractivity contribution is 6.33. The van der Waals surface area contributed by atoms with Crippen molar-refractivity contribution in [1.82, 2.24) is 10.2 Å². The van der Waals surface area contributed by atoms with Crippen LogP contribution in [0.25, 0.3) is 5.57 Å². The van der Waals surface area contributed by atoms with Crippen molar-refractivity contribution in [2.75, 3.05) is 36.9 Å². The van der Waals surface area contributed by atoms with Crippen molar-refractivity contribution in [3.05, 3.63) is 29.5 Å².